The second kappa shape index (κ2) is 12.2. The molecule has 1 fully saturated rings. The third-order valence-corrected chi connectivity index (χ3v) is 6.55. The van der Waals surface area contributed by atoms with E-state index in [1.807, 2.05) is 19.1 Å². The van der Waals surface area contributed by atoms with E-state index in [9.17, 15) is 9.59 Å². The summed E-state index contributed by atoms with van der Waals surface area (Å²) in [7, 11) is 1.67. The van der Waals surface area contributed by atoms with Crippen LogP contribution in [0.3, 0.4) is 0 Å². The van der Waals surface area contributed by atoms with Crippen molar-refractivity contribution < 1.29 is 28.5 Å². The van der Waals surface area contributed by atoms with Gasteiger partial charge in [-0.25, -0.2) is 0 Å². The summed E-state index contributed by atoms with van der Waals surface area (Å²) in [4.78, 5) is 23.3. The van der Waals surface area contributed by atoms with Gasteiger partial charge in [0.05, 0.1) is 13.2 Å². The van der Waals surface area contributed by atoms with E-state index in [1.165, 1.54) is 19.4 Å². The van der Waals surface area contributed by atoms with Crippen LogP contribution in [-0.4, -0.2) is 48.5 Å². The number of rotatable bonds is 10. The van der Waals surface area contributed by atoms with E-state index in [0.29, 0.717) is 0 Å². The molecule has 0 radical (unpaired) electrons. The van der Waals surface area contributed by atoms with Gasteiger partial charge >= 0.3 is 11.9 Å². The van der Waals surface area contributed by atoms with Gasteiger partial charge in [-0.3, -0.25) is 9.59 Å². The highest BCUT2D eigenvalue weighted by Crippen LogP contribution is 2.37. The molecule has 0 spiro atoms. The van der Waals surface area contributed by atoms with Crippen LogP contribution in [0.25, 0.3) is 0 Å². The predicted octanol–water partition coefficient (Wildman–Crippen LogP) is 4.39. The highest BCUT2D eigenvalue weighted by atomic mass is 32.2. The minimum atomic E-state index is -0.601. The summed E-state index contributed by atoms with van der Waals surface area (Å²) in [5, 5.41) is 0. The molecule has 30 heavy (non-hydrogen) atoms. The SMILES string of the molecule is CC[C@H]1O[C@@H](SCCCCc2ccc(OC)cc2)[C@H](OC(C)=O)[C@@H](OC(C)=O)[C@@H]1C. The highest BCUT2D eigenvalue weighted by molar-refractivity contribution is 7.99. The van der Waals surface area contributed by atoms with Crippen molar-refractivity contribution in [3.05, 3.63) is 29.8 Å². The Morgan fingerprint density at radius 1 is 1.03 bits per heavy atom. The highest BCUT2D eigenvalue weighted by Gasteiger charge is 2.47. The number of hydrogen-bond donors (Lipinski definition) is 0. The topological polar surface area (TPSA) is 71.1 Å². The van der Waals surface area contributed by atoms with Crippen LogP contribution in [-0.2, 0) is 30.2 Å². The molecule has 1 heterocycles. The molecule has 168 valence electrons. The van der Waals surface area contributed by atoms with Gasteiger partial charge in [-0.1, -0.05) is 26.0 Å². The first-order valence-electron chi connectivity index (χ1n) is 10.6. The van der Waals surface area contributed by atoms with Crippen molar-refractivity contribution in [2.45, 2.75) is 77.1 Å². The zero-order valence-corrected chi connectivity index (χ0v) is 19.4. The maximum absolute atomic E-state index is 11.7. The van der Waals surface area contributed by atoms with Crippen molar-refractivity contribution in [2.24, 2.45) is 5.92 Å². The van der Waals surface area contributed by atoms with Gasteiger partial charge in [0, 0.05) is 19.8 Å². The lowest BCUT2D eigenvalue weighted by Gasteiger charge is -2.44. The molecule has 1 aromatic carbocycles. The zero-order chi connectivity index (χ0) is 22.1. The number of unbranched alkanes of at least 4 members (excludes halogenated alkanes) is 1. The number of benzene rings is 1. The van der Waals surface area contributed by atoms with Crippen molar-refractivity contribution in [1.82, 2.24) is 0 Å². The largest absolute Gasteiger partial charge is 0.497 e. The van der Waals surface area contributed by atoms with Crippen LogP contribution in [0.15, 0.2) is 24.3 Å². The summed E-state index contributed by atoms with van der Waals surface area (Å²) in [5.74, 6) is 0.922. The molecule has 2 rings (SSSR count). The van der Waals surface area contributed by atoms with Gasteiger partial charge in [-0.15, -0.1) is 11.8 Å². The van der Waals surface area contributed by atoms with E-state index in [2.05, 4.69) is 19.1 Å². The number of ether oxygens (including phenoxy) is 4. The molecule has 5 atom stereocenters. The molecule has 0 amide bonds. The summed E-state index contributed by atoms with van der Waals surface area (Å²) in [6.07, 6.45) is 2.71. The maximum atomic E-state index is 11.7. The number of carbonyl (C=O) groups is 2. The van der Waals surface area contributed by atoms with E-state index < -0.39 is 18.2 Å². The van der Waals surface area contributed by atoms with Crippen LogP contribution in [0.2, 0.25) is 0 Å². The van der Waals surface area contributed by atoms with Crippen LogP contribution in [0, 0.1) is 5.92 Å². The Bertz CT molecular complexity index is 677. The minimum Gasteiger partial charge on any atom is -0.497 e. The molecule has 0 N–H and O–H groups in total. The number of methoxy groups -OCH3 is 1. The summed E-state index contributed by atoms with van der Waals surface area (Å²) in [5.41, 5.74) is 0.933. The summed E-state index contributed by atoms with van der Waals surface area (Å²) < 4.78 is 22.6. The monoisotopic (exact) mass is 438 g/mol. The molecule has 1 saturated heterocycles. The predicted molar refractivity (Wildman–Crippen MR) is 118 cm³/mol. The molecule has 1 aromatic rings. The van der Waals surface area contributed by atoms with E-state index in [0.717, 1.165) is 37.2 Å². The second-order valence-corrected chi connectivity index (χ2v) is 8.84. The average Bonchev–Trinajstić information content (AvgIpc) is 2.71. The van der Waals surface area contributed by atoms with Gasteiger partial charge in [0.25, 0.3) is 0 Å². The van der Waals surface area contributed by atoms with Crippen molar-refractivity contribution in [3.8, 4) is 5.75 Å². The average molecular weight is 439 g/mol. The van der Waals surface area contributed by atoms with Crippen LogP contribution in [0.1, 0.15) is 52.5 Å². The van der Waals surface area contributed by atoms with Gasteiger partial charge in [0.2, 0.25) is 0 Å². The van der Waals surface area contributed by atoms with Crippen LogP contribution in [0.4, 0.5) is 0 Å². The molecule has 0 bridgehead atoms. The van der Waals surface area contributed by atoms with Gasteiger partial charge < -0.3 is 18.9 Å². The van der Waals surface area contributed by atoms with E-state index in [1.54, 1.807) is 18.9 Å². The molecule has 0 saturated carbocycles. The Balaban J connectivity index is 1.92. The summed E-state index contributed by atoms with van der Waals surface area (Å²) in [6, 6.07) is 8.13. The Hall–Kier alpha value is -1.73. The smallest absolute Gasteiger partial charge is 0.303 e. The normalized spacial score (nSPS) is 26.1. The van der Waals surface area contributed by atoms with Crippen molar-refractivity contribution in [1.29, 1.82) is 0 Å². The Morgan fingerprint density at radius 2 is 1.67 bits per heavy atom. The van der Waals surface area contributed by atoms with E-state index >= 15 is 0 Å². The Labute approximate surface area is 184 Å². The third kappa shape index (κ3) is 7.20. The lowest BCUT2D eigenvalue weighted by Crippen LogP contribution is -2.55. The number of esters is 2. The maximum Gasteiger partial charge on any atom is 0.303 e. The van der Waals surface area contributed by atoms with Gasteiger partial charge in [-0.2, -0.15) is 0 Å². The van der Waals surface area contributed by atoms with Crippen molar-refractivity contribution in [2.75, 3.05) is 12.9 Å². The molecule has 0 unspecified atom stereocenters. The van der Waals surface area contributed by atoms with Crippen LogP contribution >= 0.6 is 11.8 Å². The second-order valence-electron chi connectivity index (χ2n) is 7.63. The molecular formula is C23H34O6S. The number of hydrogen-bond acceptors (Lipinski definition) is 7. The van der Waals surface area contributed by atoms with Gasteiger partial charge in [-0.05, 0) is 49.1 Å². The summed E-state index contributed by atoms with van der Waals surface area (Å²) in [6.45, 7) is 6.79. The molecule has 0 aromatic heterocycles. The summed E-state index contributed by atoms with van der Waals surface area (Å²) >= 11 is 1.63. The fourth-order valence-corrected chi connectivity index (χ4v) is 4.97. The molecule has 1 aliphatic rings. The standard InChI is InChI=1S/C23H34O6S/c1-6-20-15(2)21(27-16(3)24)22(28-17(4)25)23(29-20)30-14-8-7-9-18-10-12-19(26-5)13-11-18/h10-13,15,20-23H,6-9,14H2,1-5H3/t15-,20-,21+,22-,23+/m1/s1. The van der Waals surface area contributed by atoms with Crippen LogP contribution < -0.4 is 4.74 Å². The zero-order valence-electron chi connectivity index (χ0n) is 18.6. The quantitative estimate of drug-likeness (QED) is 0.396. The Kier molecular flexibility index (Phi) is 9.98. The molecule has 0 aliphatic carbocycles. The minimum absolute atomic E-state index is 0.0436. The fraction of sp³-hybridized carbons (Fsp3) is 0.652. The van der Waals surface area contributed by atoms with Crippen molar-refractivity contribution in [3.63, 3.8) is 0 Å². The van der Waals surface area contributed by atoms with Crippen molar-refractivity contribution >= 4 is 23.7 Å². The van der Waals surface area contributed by atoms with Crippen LogP contribution in [0.5, 0.6) is 5.75 Å². The first-order chi connectivity index (χ1) is 14.3. The van der Waals surface area contributed by atoms with Gasteiger partial charge in [0.1, 0.15) is 17.3 Å². The lowest BCUT2D eigenvalue weighted by atomic mass is 9.89. The Morgan fingerprint density at radius 3 is 2.23 bits per heavy atom. The van der Waals surface area contributed by atoms with Gasteiger partial charge in [0.15, 0.2) is 6.10 Å². The molecule has 6 nitrogen and oxygen atoms in total. The lowest BCUT2D eigenvalue weighted by molar-refractivity contribution is -0.207. The fourth-order valence-electron chi connectivity index (χ4n) is 3.74. The first-order valence-corrected chi connectivity index (χ1v) is 11.6. The molecular weight excluding hydrogens is 404 g/mol. The number of aryl methyl sites for hydroxylation is 1. The number of carbonyl (C=O) groups excluding carboxylic acids is 2. The third-order valence-electron chi connectivity index (χ3n) is 5.31. The molecule has 1 aliphatic heterocycles. The van der Waals surface area contributed by atoms with E-state index in [-0.39, 0.29) is 23.4 Å². The number of thioether (sulfide) groups is 1. The molecule has 7 heteroatoms. The van der Waals surface area contributed by atoms with E-state index in [4.69, 9.17) is 18.9 Å². The first kappa shape index (κ1) is 24.5.